The van der Waals surface area contributed by atoms with Crippen LogP contribution in [0.2, 0.25) is 0 Å². The van der Waals surface area contributed by atoms with Crippen LogP contribution in [-0.4, -0.2) is 22.0 Å². The van der Waals surface area contributed by atoms with Gasteiger partial charge in [-0.3, -0.25) is 0 Å². The number of carbonyl (C=O) groups excluding carboxylic acids is 1. The van der Waals surface area contributed by atoms with Crippen LogP contribution >= 0.6 is 0 Å². The Morgan fingerprint density at radius 2 is 2.00 bits per heavy atom. The molecule has 3 rings (SSSR count). The molecule has 5 nitrogen and oxygen atoms in total. The van der Waals surface area contributed by atoms with Crippen molar-refractivity contribution in [1.29, 1.82) is 0 Å². The van der Waals surface area contributed by atoms with Gasteiger partial charge in [-0.15, -0.1) is 0 Å². The molecule has 0 aliphatic carbocycles. The Kier molecular flexibility index (Phi) is 5.26. The Hall–Kier alpha value is -2.82. The summed E-state index contributed by atoms with van der Waals surface area (Å²) in [6.07, 6.45) is 2.91. The number of nitrogens with one attached hydrogen (secondary N) is 1. The number of hydrogen-bond acceptors (Lipinski definition) is 4. The third kappa shape index (κ3) is 3.29. The van der Waals surface area contributed by atoms with Crippen molar-refractivity contribution in [3.8, 4) is 0 Å². The zero-order chi connectivity index (χ0) is 18.7. The van der Waals surface area contributed by atoms with Crippen LogP contribution in [0.15, 0.2) is 36.5 Å². The van der Waals surface area contributed by atoms with Crippen LogP contribution in [0.4, 0.5) is 5.69 Å². The predicted molar refractivity (Wildman–Crippen MR) is 104 cm³/mol. The number of imidazole rings is 1. The number of nitrogens with zero attached hydrogens (tertiary/aromatic N) is 2. The molecule has 0 aliphatic rings. The van der Waals surface area contributed by atoms with E-state index in [-0.39, 0.29) is 5.97 Å². The lowest BCUT2D eigenvalue weighted by Crippen LogP contribution is -2.07. The number of hydrogen-bond donors (Lipinski definition) is 1. The molecule has 0 saturated heterocycles. The van der Waals surface area contributed by atoms with E-state index in [2.05, 4.69) is 42.3 Å². The van der Waals surface area contributed by atoms with Crippen LogP contribution in [0, 0.1) is 13.8 Å². The fraction of sp³-hybridized carbons (Fsp3) is 0.333. The Morgan fingerprint density at radius 1 is 1.19 bits per heavy atom. The van der Waals surface area contributed by atoms with E-state index in [1.54, 1.807) is 6.92 Å². The number of anilines is 1. The van der Waals surface area contributed by atoms with Gasteiger partial charge in [0.2, 0.25) is 0 Å². The Labute approximate surface area is 154 Å². The molecular formula is C21H25N3O2. The van der Waals surface area contributed by atoms with Crippen LogP contribution in [0.1, 0.15) is 46.7 Å². The van der Waals surface area contributed by atoms with Crippen LogP contribution in [0.5, 0.6) is 0 Å². The maximum Gasteiger partial charge on any atom is 0.358 e. The monoisotopic (exact) mass is 351 g/mol. The number of fused-ring (bicyclic) bond motifs is 1. The van der Waals surface area contributed by atoms with Gasteiger partial charge in [0.1, 0.15) is 0 Å². The maximum absolute atomic E-state index is 12.1. The normalized spacial score (nSPS) is 10.9. The summed E-state index contributed by atoms with van der Waals surface area (Å²) in [6.45, 7) is 9.04. The van der Waals surface area contributed by atoms with Gasteiger partial charge in [0.25, 0.3) is 0 Å². The van der Waals surface area contributed by atoms with E-state index in [9.17, 15) is 4.79 Å². The smallest absolute Gasteiger partial charge is 0.358 e. The number of benzene rings is 1. The van der Waals surface area contributed by atoms with E-state index in [4.69, 9.17) is 4.74 Å². The van der Waals surface area contributed by atoms with E-state index in [1.807, 2.05) is 29.7 Å². The molecule has 2 aromatic heterocycles. The minimum atomic E-state index is -0.383. The highest BCUT2D eigenvalue weighted by Crippen LogP contribution is 2.23. The number of esters is 1. The van der Waals surface area contributed by atoms with Crippen molar-refractivity contribution < 1.29 is 9.53 Å². The van der Waals surface area contributed by atoms with Gasteiger partial charge < -0.3 is 14.5 Å². The molecule has 0 radical (unpaired) electrons. The molecule has 136 valence electrons. The zero-order valence-electron chi connectivity index (χ0n) is 15.8. The van der Waals surface area contributed by atoms with Crippen molar-refractivity contribution >= 4 is 17.3 Å². The number of aryl methyl sites for hydroxylation is 3. The molecule has 0 unspecified atom stereocenters. The molecule has 1 aromatic carbocycles. The predicted octanol–water partition coefficient (Wildman–Crippen LogP) is 4.30. The molecule has 0 atom stereocenters. The first-order valence-corrected chi connectivity index (χ1v) is 9.02. The Bertz CT molecular complexity index is 944. The molecule has 26 heavy (non-hydrogen) atoms. The average molecular weight is 351 g/mol. The van der Waals surface area contributed by atoms with E-state index < -0.39 is 0 Å². The van der Waals surface area contributed by atoms with Crippen LogP contribution < -0.4 is 5.32 Å². The quantitative estimate of drug-likeness (QED) is 0.673. The van der Waals surface area contributed by atoms with Gasteiger partial charge in [0, 0.05) is 12.7 Å². The molecule has 5 heteroatoms. The van der Waals surface area contributed by atoms with Crippen molar-refractivity contribution in [2.45, 2.75) is 40.7 Å². The Morgan fingerprint density at radius 3 is 2.73 bits per heavy atom. The molecule has 0 amide bonds. The highest BCUT2D eigenvalue weighted by molar-refractivity contribution is 5.90. The minimum Gasteiger partial charge on any atom is -0.461 e. The SMILES string of the molecule is CCOC(=O)c1nc2c(NCc3c(C)cccc3CC)cccn2c1C. The molecule has 0 bridgehead atoms. The molecule has 1 N–H and O–H groups in total. The number of ether oxygens (including phenoxy) is 1. The molecule has 3 aromatic rings. The molecule has 0 saturated carbocycles. The van der Waals surface area contributed by atoms with E-state index in [1.165, 1.54) is 16.7 Å². The van der Waals surface area contributed by atoms with Gasteiger partial charge in [-0.05, 0) is 56.0 Å². The molecule has 2 heterocycles. The summed E-state index contributed by atoms with van der Waals surface area (Å²) in [4.78, 5) is 16.7. The van der Waals surface area contributed by atoms with Crippen LogP contribution in [0.25, 0.3) is 5.65 Å². The number of pyridine rings is 1. The second-order valence-corrected chi connectivity index (χ2v) is 6.30. The number of aromatic nitrogens is 2. The summed E-state index contributed by atoms with van der Waals surface area (Å²) in [5, 5.41) is 3.50. The molecule has 0 aliphatic heterocycles. The summed E-state index contributed by atoms with van der Waals surface area (Å²) in [5.41, 5.74) is 6.72. The van der Waals surface area contributed by atoms with E-state index in [0.29, 0.717) is 12.3 Å². The standard InChI is InChI=1S/C21H25N3O2/c1-5-16-10-7-9-14(3)17(16)13-22-18-11-8-12-24-15(4)19(23-20(18)24)21(25)26-6-2/h7-12,22H,5-6,13H2,1-4H3. The van der Waals surface area contributed by atoms with Crippen molar-refractivity contribution in [1.82, 2.24) is 9.38 Å². The van der Waals surface area contributed by atoms with Crippen molar-refractivity contribution in [3.63, 3.8) is 0 Å². The summed E-state index contributed by atoms with van der Waals surface area (Å²) < 4.78 is 7.04. The zero-order valence-corrected chi connectivity index (χ0v) is 15.8. The second-order valence-electron chi connectivity index (χ2n) is 6.30. The minimum absolute atomic E-state index is 0.338. The van der Waals surface area contributed by atoms with Crippen molar-refractivity contribution in [3.05, 3.63) is 64.6 Å². The van der Waals surface area contributed by atoms with E-state index >= 15 is 0 Å². The van der Waals surface area contributed by atoms with Crippen LogP contribution in [-0.2, 0) is 17.7 Å². The first kappa shape index (κ1) is 18.0. The molecular weight excluding hydrogens is 326 g/mol. The maximum atomic E-state index is 12.1. The largest absolute Gasteiger partial charge is 0.461 e. The lowest BCUT2D eigenvalue weighted by molar-refractivity contribution is 0.0519. The van der Waals surface area contributed by atoms with Gasteiger partial charge >= 0.3 is 5.97 Å². The fourth-order valence-electron chi connectivity index (χ4n) is 3.25. The number of rotatable bonds is 6. The summed E-state index contributed by atoms with van der Waals surface area (Å²) in [6, 6.07) is 10.3. The third-order valence-corrected chi connectivity index (χ3v) is 4.70. The average Bonchev–Trinajstić information content (AvgIpc) is 2.98. The lowest BCUT2D eigenvalue weighted by Gasteiger charge is -2.14. The highest BCUT2D eigenvalue weighted by atomic mass is 16.5. The summed E-state index contributed by atoms with van der Waals surface area (Å²) >= 11 is 0. The van der Waals surface area contributed by atoms with Gasteiger partial charge in [-0.1, -0.05) is 25.1 Å². The van der Waals surface area contributed by atoms with Crippen molar-refractivity contribution in [2.24, 2.45) is 0 Å². The van der Waals surface area contributed by atoms with Gasteiger partial charge in [0.15, 0.2) is 11.3 Å². The highest BCUT2D eigenvalue weighted by Gasteiger charge is 2.18. The molecule has 0 fully saturated rings. The lowest BCUT2D eigenvalue weighted by atomic mass is 10.00. The van der Waals surface area contributed by atoms with Gasteiger partial charge in [0.05, 0.1) is 18.0 Å². The fourth-order valence-corrected chi connectivity index (χ4v) is 3.25. The number of carbonyl (C=O) groups is 1. The van der Waals surface area contributed by atoms with Crippen LogP contribution in [0.3, 0.4) is 0 Å². The summed E-state index contributed by atoms with van der Waals surface area (Å²) in [7, 11) is 0. The van der Waals surface area contributed by atoms with Crippen molar-refractivity contribution in [2.75, 3.05) is 11.9 Å². The second kappa shape index (κ2) is 7.60. The van der Waals surface area contributed by atoms with Gasteiger partial charge in [-0.2, -0.15) is 0 Å². The Balaban J connectivity index is 1.94. The summed E-state index contributed by atoms with van der Waals surface area (Å²) in [5.74, 6) is -0.383. The molecule has 0 spiro atoms. The topological polar surface area (TPSA) is 55.6 Å². The van der Waals surface area contributed by atoms with E-state index in [0.717, 1.165) is 30.0 Å². The third-order valence-electron chi connectivity index (χ3n) is 4.70. The first-order chi connectivity index (χ1) is 12.6. The first-order valence-electron chi connectivity index (χ1n) is 9.02. The van der Waals surface area contributed by atoms with Gasteiger partial charge in [-0.25, -0.2) is 9.78 Å².